The number of aromatic nitrogens is 3. The van der Waals surface area contributed by atoms with Crippen molar-refractivity contribution in [2.45, 2.75) is 30.8 Å². The molecule has 0 aliphatic carbocycles. The summed E-state index contributed by atoms with van der Waals surface area (Å²) in [4.78, 5) is 11.8. The van der Waals surface area contributed by atoms with Gasteiger partial charge in [0.05, 0.1) is 6.61 Å². The maximum absolute atomic E-state index is 11.8. The van der Waals surface area contributed by atoms with Gasteiger partial charge in [0.1, 0.15) is 5.25 Å². The van der Waals surface area contributed by atoms with Crippen LogP contribution in [0.3, 0.4) is 0 Å². The number of nitrogens with zero attached hydrogens (tertiary/aromatic N) is 3. The number of benzene rings is 1. The number of esters is 1. The van der Waals surface area contributed by atoms with Crippen LogP contribution in [0.15, 0.2) is 42.1 Å². The smallest absolute Gasteiger partial charge is 0.319 e. The van der Waals surface area contributed by atoms with Crippen molar-refractivity contribution in [3.8, 4) is 11.4 Å². The third kappa shape index (κ3) is 4.36. The summed E-state index contributed by atoms with van der Waals surface area (Å²) in [6, 6.07) is 7.38. The molecule has 0 N–H and O–H groups in total. The molecule has 2 rings (SSSR count). The number of allylic oxidation sites excluding steroid dienone is 1. The molecule has 0 bridgehead atoms. The lowest BCUT2D eigenvalue weighted by atomic mass is 10.2. The number of hydrogen-bond acceptors (Lipinski definition) is 5. The van der Waals surface area contributed by atoms with E-state index in [9.17, 15) is 4.79 Å². The van der Waals surface area contributed by atoms with Crippen LogP contribution in [0.1, 0.15) is 13.8 Å². The van der Waals surface area contributed by atoms with E-state index in [-0.39, 0.29) is 11.2 Å². The second-order valence-electron chi connectivity index (χ2n) is 4.72. The molecule has 1 heterocycles. The topological polar surface area (TPSA) is 57.0 Å². The van der Waals surface area contributed by atoms with Gasteiger partial charge in [-0.1, -0.05) is 29.4 Å². The molecule has 1 aromatic carbocycles. The molecule has 5 nitrogen and oxygen atoms in total. The van der Waals surface area contributed by atoms with Crippen molar-refractivity contribution in [2.75, 3.05) is 6.61 Å². The zero-order valence-corrected chi connectivity index (χ0v) is 14.6. The highest BCUT2D eigenvalue weighted by Crippen LogP contribution is 2.28. The van der Waals surface area contributed by atoms with Crippen LogP contribution in [0.2, 0.25) is 5.02 Å². The van der Waals surface area contributed by atoms with Crippen molar-refractivity contribution in [3.63, 3.8) is 0 Å². The Morgan fingerprint density at radius 3 is 2.74 bits per heavy atom. The Hall–Kier alpha value is -1.79. The predicted octanol–water partition coefficient (Wildman–Crippen LogP) is 3.83. The van der Waals surface area contributed by atoms with E-state index in [1.807, 2.05) is 16.7 Å². The highest BCUT2D eigenvalue weighted by Gasteiger charge is 2.21. The van der Waals surface area contributed by atoms with Crippen molar-refractivity contribution in [3.05, 3.63) is 41.9 Å². The van der Waals surface area contributed by atoms with Gasteiger partial charge in [-0.25, -0.2) is 0 Å². The minimum Gasteiger partial charge on any atom is -0.465 e. The Balaban J connectivity index is 2.29. The van der Waals surface area contributed by atoms with Gasteiger partial charge in [-0.2, -0.15) is 0 Å². The highest BCUT2D eigenvalue weighted by atomic mass is 35.5. The van der Waals surface area contributed by atoms with Gasteiger partial charge in [-0.05, 0) is 38.1 Å². The molecule has 23 heavy (non-hydrogen) atoms. The molecule has 7 heteroatoms. The van der Waals surface area contributed by atoms with Gasteiger partial charge in [0.2, 0.25) is 0 Å². The van der Waals surface area contributed by atoms with Crippen LogP contribution < -0.4 is 0 Å². The van der Waals surface area contributed by atoms with E-state index in [2.05, 4.69) is 16.8 Å². The Morgan fingerprint density at radius 2 is 2.13 bits per heavy atom. The number of hydrogen-bond donors (Lipinski definition) is 0. The number of carbonyl (C=O) groups is 1. The maximum atomic E-state index is 11.8. The highest BCUT2D eigenvalue weighted by molar-refractivity contribution is 8.00. The van der Waals surface area contributed by atoms with Gasteiger partial charge in [-0.3, -0.25) is 9.36 Å². The van der Waals surface area contributed by atoms with Crippen molar-refractivity contribution in [1.82, 2.24) is 14.8 Å². The van der Waals surface area contributed by atoms with Crippen molar-refractivity contribution < 1.29 is 9.53 Å². The zero-order valence-electron chi connectivity index (χ0n) is 13.0. The first-order valence-electron chi connectivity index (χ1n) is 7.20. The molecular weight excluding hydrogens is 334 g/mol. The van der Waals surface area contributed by atoms with Crippen molar-refractivity contribution in [1.29, 1.82) is 0 Å². The molecule has 0 radical (unpaired) electrons. The van der Waals surface area contributed by atoms with E-state index in [4.69, 9.17) is 16.3 Å². The summed E-state index contributed by atoms with van der Waals surface area (Å²) < 4.78 is 6.94. The molecule has 0 fully saturated rings. The molecule has 2 aromatic rings. The number of ether oxygens (including phenoxy) is 1. The fraction of sp³-hybridized carbons (Fsp3) is 0.312. The van der Waals surface area contributed by atoms with E-state index >= 15 is 0 Å². The second kappa shape index (κ2) is 8.17. The molecule has 0 amide bonds. The normalized spacial score (nSPS) is 12.0. The SMILES string of the molecule is C=CCn1c(SC(C)C(=O)OCC)nnc1-c1ccc(Cl)cc1. The Kier molecular flexibility index (Phi) is 6.24. The van der Waals surface area contributed by atoms with Crippen molar-refractivity contribution in [2.24, 2.45) is 0 Å². The molecule has 0 saturated heterocycles. The lowest BCUT2D eigenvalue weighted by Gasteiger charge is -2.11. The second-order valence-corrected chi connectivity index (χ2v) is 6.47. The van der Waals surface area contributed by atoms with Crippen LogP contribution in [0, 0.1) is 0 Å². The van der Waals surface area contributed by atoms with E-state index < -0.39 is 0 Å². The van der Waals surface area contributed by atoms with Crippen LogP contribution >= 0.6 is 23.4 Å². The quantitative estimate of drug-likeness (QED) is 0.431. The van der Waals surface area contributed by atoms with E-state index in [1.54, 1.807) is 32.1 Å². The minimum absolute atomic E-state index is 0.265. The first-order chi connectivity index (χ1) is 11.1. The number of carbonyl (C=O) groups excluding carboxylic acids is 1. The molecule has 0 aliphatic heterocycles. The Labute approximate surface area is 144 Å². The summed E-state index contributed by atoms with van der Waals surface area (Å²) >= 11 is 7.24. The Morgan fingerprint density at radius 1 is 1.43 bits per heavy atom. The number of thioether (sulfide) groups is 1. The minimum atomic E-state index is -0.360. The molecule has 1 unspecified atom stereocenters. The number of rotatable bonds is 7. The summed E-state index contributed by atoms with van der Waals surface area (Å²) in [7, 11) is 0. The van der Waals surface area contributed by atoms with Crippen LogP contribution in [-0.4, -0.2) is 32.6 Å². The molecule has 0 saturated carbocycles. The van der Waals surface area contributed by atoms with Crippen molar-refractivity contribution >= 4 is 29.3 Å². The molecule has 1 atom stereocenters. The molecular formula is C16H18ClN3O2S. The molecule has 1 aromatic heterocycles. The van der Waals surface area contributed by atoms with Crippen LogP contribution in [0.4, 0.5) is 0 Å². The third-order valence-corrected chi connectivity index (χ3v) is 4.34. The molecule has 122 valence electrons. The summed E-state index contributed by atoms with van der Waals surface area (Å²) in [6.45, 7) is 8.25. The summed E-state index contributed by atoms with van der Waals surface area (Å²) in [5.74, 6) is 0.443. The average Bonchev–Trinajstić information content (AvgIpc) is 2.91. The van der Waals surface area contributed by atoms with Gasteiger partial charge in [0.25, 0.3) is 0 Å². The first kappa shape index (κ1) is 17.6. The molecule has 0 aliphatic rings. The average molecular weight is 352 g/mol. The largest absolute Gasteiger partial charge is 0.465 e. The van der Waals surface area contributed by atoms with Gasteiger partial charge in [0, 0.05) is 17.1 Å². The van der Waals surface area contributed by atoms with Crippen LogP contribution in [-0.2, 0) is 16.1 Å². The van der Waals surface area contributed by atoms with Crippen LogP contribution in [0.5, 0.6) is 0 Å². The maximum Gasteiger partial charge on any atom is 0.319 e. The van der Waals surface area contributed by atoms with Crippen LogP contribution in [0.25, 0.3) is 11.4 Å². The monoisotopic (exact) mass is 351 g/mol. The van der Waals surface area contributed by atoms with E-state index in [1.165, 1.54) is 11.8 Å². The van der Waals surface area contributed by atoms with Gasteiger partial charge < -0.3 is 4.74 Å². The van der Waals surface area contributed by atoms with Gasteiger partial charge in [0.15, 0.2) is 11.0 Å². The standard InChI is InChI=1S/C16H18ClN3O2S/c1-4-10-20-14(12-6-8-13(17)9-7-12)18-19-16(20)23-11(3)15(21)22-5-2/h4,6-9,11H,1,5,10H2,2-3H3. The predicted molar refractivity (Wildman–Crippen MR) is 92.6 cm³/mol. The van der Waals surface area contributed by atoms with Gasteiger partial charge in [-0.15, -0.1) is 16.8 Å². The summed E-state index contributed by atoms with van der Waals surface area (Å²) in [5, 5.41) is 9.39. The lowest BCUT2D eigenvalue weighted by molar-refractivity contribution is -0.142. The lowest BCUT2D eigenvalue weighted by Crippen LogP contribution is -2.17. The molecule has 0 spiro atoms. The third-order valence-electron chi connectivity index (χ3n) is 3.03. The Bertz CT molecular complexity index is 685. The van der Waals surface area contributed by atoms with E-state index in [0.717, 1.165) is 5.56 Å². The van der Waals surface area contributed by atoms with Gasteiger partial charge >= 0.3 is 5.97 Å². The first-order valence-corrected chi connectivity index (χ1v) is 8.46. The fourth-order valence-electron chi connectivity index (χ4n) is 1.95. The summed E-state index contributed by atoms with van der Waals surface area (Å²) in [5.41, 5.74) is 0.902. The summed E-state index contributed by atoms with van der Waals surface area (Å²) in [6.07, 6.45) is 1.77. The van der Waals surface area contributed by atoms with E-state index in [0.29, 0.717) is 29.2 Å². The zero-order chi connectivity index (χ0) is 16.8. The fourth-order valence-corrected chi connectivity index (χ4v) is 2.93. The number of halogens is 1.